The van der Waals surface area contributed by atoms with Crippen molar-refractivity contribution in [3.05, 3.63) is 46.3 Å². The first-order valence-electron chi connectivity index (χ1n) is 8.82. The Morgan fingerprint density at radius 1 is 1.30 bits per heavy atom. The molecule has 3 aromatic rings. The molecule has 8 heteroatoms. The first kappa shape index (κ1) is 19.0. The van der Waals surface area contributed by atoms with Crippen LogP contribution >= 0.6 is 11.3 Å². The van der Waals surface area contributed by atoms with Gasteiger partial charge in [-0.05, 0) is 66.6 Å². The standard InChI is InChI=1S/C19H23N5O2S/c1-13-10-14(2)15(3)16(11-13)26-8-5-7-20-18(25)12-24-22-19(21-23-24)17-6-4-9-27-17/h4,6,9-11H,5,7-8,12H2,1-3H3,(H,20,25). The molecule has 0 atom stereocenters. The lowest BCUT2D eigenvalue weighted by molar-refractivity contribution is -0.122. The molecule has 7 nitrogen and oxygen atoms in total. The van der Waals surface area contributed by atoms with Crippen LogP contribution in [0.3, 0.4) is 0 Å². The van der Waals surface area contributed by atoms with Crippen molar-refractivity contribution in [1.29, 1.82) is 0 Å². The van der Waals surface area contributed by atoms with Gasteiger partial charge in [-0.1, -0.05) is 12.1 Å². The molecule has 0 fully saturated rings. The maximum atomic E-state index is 12.0. The highest BCUT2D eigenvalue weighted by Crippen LogP contribution is 2.23. The molecule has 0 unspecified atom stereocenters. The van der Waals surface area contributed by atoms with E-state index in [9.17, 15) is 4.79 Å². The number of carbonyl (C=O) groups is 1. The summed E-state index contributed by atoms with van der Waals surface area (Å²) in [6, 6.07) is 8.03. The molecule has 1 aromatic carbocycles. The molecule has 27 heavy (non-hydrogen) atoms. The van der Waals surface area contributed by atoms with E-state index in [1.807, 2.05) is 23.6 Å². The van der Waals surface area contributed by atoms with Crippen LogP contribution < -0.4 is 10.1 Å². The molecule has 0 aliphatic rings. The predicted molar refractivity (Wildman–Crippen MR) is 105 cm³/mol. The van der Waals surface area contributed by atoms with Crippen molar-refractivity contribution in [2.75, 3.05) is 13.2 Å². The maximum absolute atomic E-state index is 12.0. The Bertz CT molecular complexity index is 905. The van der Waals surface area contributed by atoms with Crippen molar-refractivity contribution in [2.24, 2.45) is 0 Å². The molecule has 2 heterocycles. The molecule has 0 radical (unpaired) electrons. The van der Waals surface area contributed by atoms with Gasteiger partial charge in [0.2, 0.25) is 11.7 Å². The van der Waals surface area contributed by atoms with Gasteiger partial charge in [-0.3, -0.25) is 4.79 Å². The molecule has 3 rings (SSSR count). The van der Waals surface area contributed by atoms with Crippen LogP contribution in [0, 0.1) is 20.8 Å². The van der Waals surface area contributed by atoms with E-state index in [-0.39, 0.29) is 12.5 Å². The van der Waals surface area contributed by atoms with E-state index in [0.29, 0.717) is 19.0 Å². The van der Waals surface area contributed by atoms with Crippen molar-refractivity contribution in [3.8, 4) is 16.5 Å². The number of hydrogen-bond acceptors (Lipinski definition) is 6. The zero-order valence-electron chi connectivity index (χ0n) is 15.7. The van der Waals surface area contributed by atoms with E-state index >= 15 is 0 Å². The minimum absolute atomic E-state index is 0.0510. The van der Waals surface area contributed by atoms with E-state index in [4.69, 9.17) is 4.74 Å². The van der Waals surface area contributed by atoms with Crippen molar-refractivity contribution in [3.63, 3.8) is 0 Å². The number of nitrogens with zero attached hydrogens (tertiary/aromatic N) is 4. The Kier molecular flexibility index (Phi) is 6.18. The summed E-state index contributed by atoms with van der Waals surface area (Å²) in [6.45, 7) is 7.33. The highest BCUT2D eigenvalue weighted by molar-refractivity contribution is 7.13. The van der Waals surface area contributed by atoms with Crippen molar-refractivity contribution < 1.29 is 9.53 Å². The Morgan fingerprint density at radius 2 is 2.15 bits per heavy atom. The minimum atomic E-state index is -0.146. The summed E-state index contributed by atoms with van der Waals surface area (Å²) >= 11 is 1.54. The number of aromatic nitrogens is 4. The van der Waals surface area contributed by atoms with Crippen LogP contribution in [-0.2, 0) is 11.3 Å². The minimum Gasteiger partial charge on any atom is -0.493 e. The summed E-state index contributed by atoms with van der Waals surface area (Å²) in [5.41, 5.74) is 3.56. The number of rotatable bonds is 8. The van der Waals surface area contributed by atoms with Gasteiger partial charge in [0.05, 0.1) is 11.5 Å². The highest BCUT2D eigenvalue weighted by Gasteiger charge is 2.10. The van der Waals surface area contributed by atoms with Gasteiger partial charge >= 0.3 is 0 Å². The van der Waals surface area contributed by atoms with Gasteiger partial charge in [-0.15, -0.1) is 21.5 Å². The Morgan fingerprint density at radius 3 is 2.93 bits per heavy atom. The van der Waals surface area contributed by atoms with E-state index < -0.39 is 0 Å². The van der Waals surface area contributed by atoms with Crippen molar-refractivity contribution in [2.45, 2.75) is 33.7 Å². The predicted octanol–water partition coefficient (Wildman–Crippen LogP) is 2.91. The lowest BCUT2D eigenvalue weighted by Gasteiger charge is -2.12. The zero-order valence-corrected chi connectivity index (χ0v) is 16.5. The molecule has 0 aliphatic carbocycles. The third-order valence-electron chi connectivity index (χ3n) is 4.14. The number of ether oxygens (including phenoxy) is 1. The highest BCUT2D eigenvalue weighted by atomic mass is 32.1. The average Bonchev–Trinajstić information content (AvgIpc) is 3.30. The maximum Gasteiger partial charge on any atom is 0.243 e. The van der Waals surface area contributed by atoms with Crippen LogP contribution in [0.15, 0.2) is 29.6 Å². The van der Waals surface area contributed by atoms with Gasteiger partial charge in [-0.2, -0.15) is 4.80 Å². The zero-order chi connectivity index (χ0) is 19.2. The number of carbonyl (C=O) groups excluding carboxylic acids is 1. The topological polar surface area (TPSA) is 81.9 Å². The molecule has 0 aliphatic heterocycles. The number of amides is 1. The number of nitrogens with one attached hydrogen (secondary N) is 1. The smallest absolute Gasteiger partial charge is 0.243 e. The second-order valence-electron chi connectivity index (χ2n) is 6.38. The molecule has 0 bridgehead atoms. The van der Waals surface area contributed by atoms with Crippen LogP contribution in [0.5, 0.6) is 5.75 Å². The molecule has 1 amide bonds. The van der Waals surface area contributed by atoms with Gasteiger partial charge in [0.1, 0.15) is 12.3 Å². The van der Waals surface area contributed by atoms with Gasteiger partial charge < -0.3 is 10.1 Å². The van der Waals surface area contributed by atoms with Gasteiger partial charge in [0.25, 0.3) is 0 Å². The Hall–Kier alpha value is -2.74. The number of tetrazole rings is 1. The molecule has 0 saturated heterocycles. The third kappa shape index (κ3) is 5.13. The molecule has 2 aromatic heterocycles. The summed E-state index contributed by atoms with van der Waals surface area (Å²) in [7, 11) is 0. The number of benzene rings is 1. The van der Waals surface area contributed by atoms with Gasteiger partial charge in [-0.25, -0.2) is 0 Å². The average molecular weight is 385 g/mol. The first-order valence-corrected chi connectivity index (χ1v) is 9.70. The number of thiophene rings is 1. The third-order valence-corrected chi connectivity index (χ3v) is 5.01. The summed E-state index contributed by atoms with van der Waals surface area (Å²) in [5, 5.41) is 16.9. The van der Waals surface area contributed by atoms with Crippen molar-refractivity contribution >= 4 is 17.2 Å². The van der Waals surface area contributed by atoms with Crippen LogP contribution in [0.2, 0.25) is 0 Å². The molecular weight excluding hydrogens is 362 g/mol. The molecule has 0 saturated carbocycles. The fraction of sp³-hybridized carbons (Fsp3) is 0.368. The molecule has 0 spiro atoms. The number of aryl methyl sites for hydroxylation is 2. The second kappa shape index (κ2) is 8.77. The van der Waals surface area contributed by atoms with Gasteiger partial charge in [0.15, 0.2) is 0 Å². The lowest BCUT2D eigenvalue weighted by Crippen LogP contribution is -2.30. The second-order valence-corrected chi connectivity index (χ2v) is 7.33. The first-order chi connectivity index (χ1) is 13.0. The quantitative estimate of drug-likeness (QED) is 0.603. The summed E-state index contributed by atoms with van der Waals surface area (Å²) in [6.07, 6.45) is 0.726. The van der Waals surface area contributed by atoms with Crippen LogP contribution in [0.1, 0.15) is 23.1 Å². The Balaban J connectivity index is 1.39. The molecule has 142 valence electrons. The van der Waals surface area contributed by atoms with Crippen molar-refractivity contribution in [1.82, 2.24) is 25.5 Å². The van der Waals surface area contributed by atoms with E-state index in [1.54, 1.807) is 0 Å². The number of hydrogen-bond donors (Lipinski definition) is 1. The largest absolute Gasteiger partial charge is 0.493 e. The lowest BCUT2D eigenvalue weighted by atomic mass is 10.1. The fourth-order valence-corrected chi connectivity index (χ4v) is 3.28. The normalized spacial score (nSPS) is 10.8. The SMILES string of the molecule is Cc1cc(C)c(C)c(OCCCNC(=O)Cn2nnc(-c3cccs3)n2)c1. The summed E-state index contributed by atoms with van der Waals surface area (Å²) in [4.78, 5) is 14.2. The van der Waals surface area contributed by atoms with Gasteiger partial charge in [0, 0.05) is 6.54 Å². The van der Waals surface area contributed by atoms with E-state index in [1.165, 1.54) is 27.3 Å². The summed E-state index contributed by atoms with van der Waals surface area (Å²) in [5.74, 6) is 1.30. The van der Waals surface area contributed by atoms with Crippen LogP contribution in [0.25, 0.3) is 10.7 Å². The summed E-state index contributed by atoms with van der Waals surface area (Å²) < 4.78 is 5.85. The van der Waals surface area contributed by atoms with Crippen LogP contribution in [0.4, 0.5) is 0 Å². The van der Waals surface area contributed by atoms with Crippen LogP contribution in [-0.4, -0.2) is 39.3 Å². The van der Waals surface area contributed by atoms with E-state index in [0.717, 1.165) is 22.6 Å². The molecule has 1 N–H and O–H groups in total. The Labute approximate surface area is 162 Å². The molecular formula is C19H23N5O2S. The van der Waals surface area contributed by atoms with E-state index in [2.05, 4.69) is 47.6 Å². The monoisotopic (exact) mass is 385 g/mol. The fourth-order valence-electron chi connectivity index (χ4n) is 2.63.